The van der Waals surface area contributed by atoms with Crippen LogP contribution in [-0.2, 0) is 33.5 Å². The molecule has 10 aromatic rings. The molecule has 0 spiro atoms. The Balaban J connectivity index is 0.765. The second-order valence-corrected chi connectivity index (χ2v) is 27.2. The van der Waals surface area contributed by atoms with Crippen molar-refractivity contribution in [1.29, 1.82) is 0 Å². The van der Waals surface area contributed by atoms with Crippen LogP contribution < -0.4 is 9.80 Å². The van der Waals surface area contributed by atoms with Crippen LogP contribution >= 0.6 is 0 Å². The van der Waals surface area contributed by atoms with Crippen molar-refractivity contribution in [3.63, 3.8) is 0 Å². The van der Waals surface area contributed by atoms with Gasteiger partial charge in [0, 0.05) is 33.0 Å². The standard InChI is InChI=1S/C81H76N2/c1-14-20-53-43-60(36-29-50(53)15-2)83-74-24-19-17-22-66(74)79(8,9)72-48-64-63-41-32-56(46-70(63)81(12,13)71(64)49-76(72)83)55-31-40-62-61-39-30-54(44-68(61)80(10,11)69(62)45-55)51-25-27-52(28-26-51)57-33-42-67-75(47-57)82(59-37-34-58(35-38-59)77(3,4)5)73-23-18-16-21-65(73)78(67,6)7/h14,16-49H,15H2,1-13H3/b20-14-. The molecule has 2 aliphatic heterocycles. The molecule has 0 N–H and O–H groups in total. The maximum absolute atomic E-state index is 2.54. The predicted molar refractivity (Wildman–Crippen MR) is 354 cm³/mol. The minimum atomic E-state index is -0.212. The first-order valence-corrected chi connectivity index (χ1v) is 30.2. The number of para-hydroxylation sites is 2. The van der Waals surface area contributed by atoms with Gasteiger partial charge in [-0.2, -0.15) is 0 Å². The summed E-state index contributed by atoms with van der Waals surface area (Å²) in [7, 11) is 0. The van der Waals surface area contributed by atoms with Gasteiger partial charge in [-0.1, -0.05) is 223 Å². The number of nitrogens with zero attached hydrogens (tertiary/aromatic N) is 2. The summed E-state index contributed by atoms with van der Waals surface area (Å²) in [6.07, 6.45) is 5.42. The Morgan fingerprint density at radius 2 is 0.759 bits per heavy atom. The molecule has 2 heteroatoms. The fourth-order valence-electron chi connectivity index (χ4n) is 15.0. The van der Waals surface area contributed by atoms with Gasteiger partial charge < -0.3 is 9.80 Å². The SMILES string of the molecule is C/C=C\c1cc(N2c3ccccc3C(C)(C)c3cc4c(cc32)C(C)(C)c2cc(-c3ccc5c(c3)C(C)(C)c3cc(-c6ccc(-c7ccc8c(c7)N(c7ccc(C(C)(C)C)cc7)c7ccccc7C8(C)C)cc6)ccc3-5)ccc2-4)ccc1CC. The summed E-state index contributed by atoms with van der Waals surface area (Å²) in [6, 6.07) is 77.4. The zero-order valence-electron chi connectivity index (χ0n) is 50.8. The molecule has 14 rings (SSSR count). The van der Waals surface area contributed by atoms with Gasteiger partial charge in [0.2, 0.25) is 0 Å². The van der Waals surface area contributed by atoms with Gasteiger partial charge in [0.1, 0.15) is 0 Å². The van der Waals surface area contributed by atoms with Gasteiger partial charge in [0.05, 0.1) is 22.7 Å². The molecule has 0 unspecified atom stereocenters. The predicted octanol–water partition coefficient (Wildman–Crippen LogP) is 22.4. The number of benzene rings is 10. The van der Waals surface area contributed by atoms with E-state index in [0.717, 1.165) is 6.42 Å². The summed E-state index contributed by atoms with van der Waals surface area (Å²) in [5.41, 5.74) is 34.5. The Hall–Kier alpha value is -8.46. The highest BCUT2D eigenvalue weighted by atomic mass is 15.2. The van der Waals surface area contributed by atoms with E-state index in [0.29, 0.717) is 0 Å². The van der Waals surface area contributed by atoms with Gasteiger partial charge in [-0.05, 0) is 208 Å². The largest absolute Gasteiger partial charge is 0.310 e. The molecule has 2 aliphatic carbocycles. The number of aryl methyl sites for hydroxylation is 1. The van der Waals surface area contributed by atoms with Crippen LogP contribution in [0.2, 0.25) is 0 Å². The van der Waals surface area contributed by atoms with Crippen LogP contribution in [0.4, 0.5) is 34.1 Å². The zero-order valence-corrected chi connectivity index (χ0v) is 50.8. The van der Waals surface area contributed by atoms with E-state index in [9.17, 15) is 0 Å². The minimum Gasteiger partial charge on any atom is -0.310 e. The molecule has 10 aromatic carbocycles. The average Bonchev–Trinajstić information content (AvgIpc) is 2.21. The van der Waals surface area contributed by atoms with Crippen LogP contribution in [0.3, 0.4) is 0 Å². The smallest absolute Gasteiger partial charge is 0.0508 e. The fourth-order valence-corrected chi connectivity index (χ4v) is 15.0. The van der Waals surface area contributed by atoms with Crippen LogP contribution in [0, 0.1) is 0 Å². The number of rotatable bonds is 7. The van der Waals surface area contributed by atoms with Crippen molar-refractivity contribution in [2.45, 2.75) is 124 Å². The second kappa shape index (κ2) is 18.5. The van der Waals surface area contributed by atoms with Gasteiger partial charge in [-0.3, -0.25) is 0 Å². The number of hydrogen-bond donors (Lipinski definition) is 0. The Morgan fingerprint density at radius 3 is 1.29 bits per heavy atom. The molecule has 83 heavy (non-hydrogen) atoms. The van der Waals surface area contributed by atoms with E-state index in [-0.39, 0.29) is 27.1 Å². The molecule has 0 saturated carbocycles. The quantitative estimate of drug-likeness (QED) is 0.157. The molecule has 0 radical (unpaired) electrons. The molecule has 0 aromatic heterocycles. The highest BCUT2D eigenvalue weighted by Crippen LogP contribution is 2.59. The molecule has 410 valence electrons. The van der Waals surface area contributed by atoms with Crippen molar-refractivity contribution < 1.29 is 0 Å². The van der Waals surface area contributed by atoms with E-state index in [4.69, 9.17) is 0 Å². The van der Waals surface area contributed by atoms with Crippen LogP contribution in [-0.4, -0.2) is 0 Å². The molecule has 2 nitrogen and oxygen atoms in total. The highest BCUT2D eigenvalue weighted by molar-refractivity contribution is 5.94. The lowest BCUT2D eigenvalue weighted by atomic mass is 9.71. The minimum absolute atomic E-state index is 0.0828. The van der Waals surface area contributed by atoms with Crippen LogP contribution in [0.15, 0.2) is 206 Å². The first-order chi connectivity index (χ1) is 39.7. The van der Waals surface area contributed by atoms with Crippen LogP contribution in [0.25, 0.3) is 61.7 Å². The molecular formula is C81H76N2. The van der Waals surface area contributed by atoms with Gasteiger partial charge in [0.15, 0.2) is 0 Å². The van der Waals surface area contributed by atoms with E-state index in [1.165, 1.54) is 151 Å². The summed E-state index contributed by atoms with van der Waals surface area (Å²) >= 11 is 0. The molecular weight excluding hydrogens is 1000 g/mol. The monoisotopic (exact) mass is 1080 g/mol. The lowest BCUT2D eigenvalue weighted by Gasteiger charge is -2.43. The van der Waals surface area contributed by atoms with Crippen molar-refractivity contribution in [1.82, 2.24) is 0 Å². The van der Waals surface area contributed by atoms with Crippen LogP contribution in [0.1, 0.15) is 151 Å². The number of allylic oxidation sites excluding steroid dienone is 1. The first kappa shape index (κ1) is 52.6. The van der Waals surface area contributed by atoms with Gasteiger partial charge >= 0.3 is 0 Å². The van der Waals surface area contributed by atoms with Crippen molar-refractivity contribution >= 4 is 40.2 Å². The van der Waals surface area contributed by atoms with E-state index >= 15 is 0 Å². The van der Waals surface area contributed by atoms with E-state index in [2.05, 4.69) is 312 Å². The van der Waals surface area contributed by atoms with E-state index < -0.39 is 0 Å². The maximum Gasteiger partial charge on any atom is 0.0508 e. The van der Waals surface area contributed by atoms with Gasteiger partial charge in [-0.15, -0.1) is 0 Å². The second-order valence-electron chi connectivity index (χ2n) is 27.2. The highest BCUT2D eigenvalue weighted by Gasteiger charge is 2.44. The van der Waals surface area contributed by atoms with Gasteiger partial charge in [-0.25, -0.2) is 0 Å². The summed E-state index contributed by atoms with van der Waals surface area (Å²) in [5.74, 6) is 0. The van der Waals surface area contributed by atoms with Crippen molar-refractivity contribution in [2.24, 2.45) is 0 Å². The number of hydrogen-bond acceptors (Lipinski definition) is 2. The normalized spacial score (nSPS) is 16.1. The molecule has 0 fully saturated rings. The lowest BCUT2D eigenvalue weighted by molar-refractivity contribution is 0.590. The number of fused-ring (bicyclic) bond motifs is 10. The summed E-state index contributed by atoms with van der Waals surface area (Å²) < 4.78 is 0. The topological polar surface area (TPSA) is 6.48 Å². The van der Waals surface area contributed by atoms with Crippen molar-refractivity contribution in [3.8, 4) is 55.6 Å². The Bertz CT molecular complexity index is 4340. The van der Waals surface area contributed by atoms with E-state index in [1.54, 1.807) is 0 Å². The summed E-state index contributed by atoms with van der Waals surface area (Å²) in [4.78, 5) is 5.01. The fraction of sp³-hybridized carbons (Fsp3) is 0.235. The molecule has 4 aliphatic rings. The maximum atomic E-state index is 2.54. The Morgan fingerprint density at radius 1 is 0.349 bits per heavy atom. The molecule has 0 saturated heterocycles. The lowest BCUT2D eigenvalue weighted by Crippen LogP contribution is -2.31. The van der Waals surface area contributed by atoms with Crippen LogP contribution in [0.5, 0.6) is 0 Å². The molecule has 2 heterocycles. The summed E-state index contributed by atoms with van der Waals surface area (Å²) in [5, 5.41) is 0. The third kappa shape index (κ3) is 7.95. The Labute approximate surface area is 493 Å². The molecule has 0 atom stereocenters. The zero-order chi connectivity index (χ0) is 57.7. The third-order valence-corrected chi connectivity index (χ3v) is 19.9. The first-order valence-electron chi connectivity index (χ1n) is 30.2. The molecule has 0 bridgehead atoms. The average molecular weight is 1080 g/mol. The summed E-state index contributed by atoms with van der Waals surface area (Å²) in [6.45, 7) is 30.5. The van der Waals surface area contributed by atoms with Crippen molar-refractivity contribution in [3.05, 3.63) is 267 Å². The molecule has 0 amide bonds. The van der Waals surface area contributed by atoms with Gasteiger partial charge in [0.25, 0.3) is 0 Å². The van der Waals surface area contributed by atoms with Crippen molar-refractivity contribution in [2.75, 3.05) is 9.80 Å². The third-order valence-electron chi connectivity index (χ3n) is 19.9. The Kier molecular flexibility index (Phi) is 11.7. The number of anilines is 6. The van der Waals surface area contributed by atoms with E-state index in [1.807, 2.05) is 0 Å².